The molecule has 380 valence electrons. The van der Waals surface area contributed by atoms with Gasteiger partial charge in [-0.3, -0.25) is 0 Å². The summed E-state index contributed by atoms with van der Waals surface area (Å²) in [6.07, 6.45) is 7.80. The summed E-state index contributed by atoms with van der Waals surface area (Å²) >= 11 is 0. The Morgan fingerprint density at radius 2 is 0.838 bits per heavy atom. The number of fused-ring (bicyclic) bond motifs is 8. The van der Waals surface area contributed by atoms with E-state index in [1.54, 1.807) is 0 Å². The highest BCUT2D eigenvalue weighted by Gasteiger charge is 2.33. The van der Waals surface area contributed by atoms with Crippen molar-refractivity contribution in [3.05, 3.63) is 308 Å². The van der Waals surface area contributed by atoms with E-state index >= 15 is 0 Å². The maximum absolute atomic E-state index is 6.33. The zero-order chi connectivity index (χ0) is 52.9. The van der Waals surface area contributed by atoms with Gasteiger partial charge in [0.05, 0.1) is 11.7 Å². The quantitative estimate of drug-likeness (QED) is 0.120. The molecule has 4 nitrogen and oxygen atoms in total. The van der Waals surface area contributed by atoms with Crippen molar-refractivity contribution in [3.63, 3.8) is 0 Å². The Kier molecular flexibility index (Phi) is 11.8. The molecule has 80 heavy (non-hydrogen) atoms. The van der Waals surface area contributed by atoms with E-state index in [0.29, 0.717) is 0 Å². The van der Waals surface area contributed by atoms with E-state index in [4.69, 9.17) is 4.42 Å². The number of allylic oxidation sites excluding steroid dienone is 2. The van der Waals surface area contributed by atoms with Crippen molar-refractivity contribution < 1.29 is 4.42 Å². The molecule has 0 fully saturated rings. The number of furan rings is 1. The molecule has 1 unspecified atom stereocenters. The van der Waals surface area contributed by atoms with Gasteiger partial charge >= 0.3 is 0 Å². The number of hydrogen-bond donors (Lipinski definition) is 0. The standard InChI is InChI=1S/C76H55N3O/c1-3-19-58(20-4-1)77(59-21-5-2-6-22-59)60-43-45-63(46-44-60)78(73-49-56-17-7-9-23-65(56)67-25-11-13-27-69(67)73)61-39-35-54(36-40-61)52-31-33-53(34-32-52)55-37-41-62(42-38-55)79(64-47-48-76-72(51-64)71-29-15-16-30-75(71)80-76)74-50-57-18-8-10-24-66(57)68-26-12-14-28-70(68)74/h1-11,13-25,27-49,51,74H,12,26,50H2. The van der Waals surface area contributed by atoms with Crippen LogP contribution in [0, 0.1) is 0 Å². The molecule has 0 N–H and O–H groups in total. The lowest BCUT2D eigenvalue weighted by molar-refractivity contribution is 0.668. The minimum atomic E-state index is 0.124. The molecule has 2 aliphatic rings. The second-order valence-electron chi connectivity index (χ2n) is 21.1. The van der Waals surface area contributed by atoms with Crippen LogP contribution < -0.4 is 14.7 Å². The molecule has 0 saturated heterocycles. The molecule has 2 aliphatic carbocycles. The number of benzene rings is 12. The van der Waals surface area contributed by atoms with Crippen molar-refractivity contribution in [1.82, 2.24) is 0 Å². The van der Waals surface area contributed by atoms with Gasteiger partial charge in [-0.25, -0.2) is 0 Å². The first-order valence-corrected chi connectivity index (χ1v) is 27.9. The molecule has 0 bridgehead atoms. The fourth-order valence-corrected chi connectivity index (χ4v) is 12.7. The highest BCUT2D eigenvalue weighted by molar-refractivity contribution is 6.14. The van der Waals surface area contributed by atoms with Gasteiger partial charge < -0.3 is 19.1 Å². The van der Waals surface area contributed by atoms with Gasteiger partial charge in [0.25, 0.3) is 0 Å². The average Bonchev–Trinajstić information content (AvgIpc) is 3.95. The maximum Gasteiger partial charge on any atom is 0.135 e. The molecular formula is C76H55N3O. The Hall–Kier alpha value is -10.2. The second kappa shape index (κ2) is 20.0. The summed E-state index contributed by atoms with van der Waals surface area (Å²) < 4.78 is 6.33. The van der Waals surface area contributed by atoms with E-state index in [-0.39, 0.29) is 6.04 Å². The Morgan fingerprint density at radius 1 is 0.350 bits per heavy atom. The van der Waals surface area contributed by atoms with Crippen LogP contribution in [-0.2, 0) is 6.42 Å². The lowest BCUT2D eigenvalue weighted by Crippen LogP contribution is -2.37. The third-order valence-corrected chi connectivity index (χ3v) is 16.5. The maximum atomic E-state index is 6.33. The highest BCUT2D eigenvalue weighted by atomic mass is 16.3. The topological polar surface area (TPSA) is 22.9 Å². The smallest absolute Gasteiger partial charge is 0.135 e. The average molecular weight is 1030 g/mol. The summed E-state index contributed by atoms with van der Waals surface area (Å²) in [7, 11) is 0. The zero-order valence-corrected chi connectivity index (χ0v) is 44.2. The summed E-state index contributed by atoms with van der Waals surface area (Å²) in [5.74, 6) is 0. The summed E-state index contributed by atoms with van der Waals surface area (Å²) in [4.78, 5) is 7.30. The molecule has 4 heteroatoms. The molecule has 1 aromatic heterocycles. The molecule has 0 amide bonds. The van der Waals surface area contributed by atoms with Crippen LogP contribution in [0.2, 0.25) is 0 Å². The largest absolute Gasteiger partial charge is 0.456 e. The van der Waals surface area contributed by atoms with Crippen molar-refractivity contribution in [1.29, 1.82) is 0 Å². The molecule has 0 saturated carbocycles. The first kappa shape index (κ1) is 47.1. The Morgan fingerprint density at radius 3 is 1.51 bits per heavy atom. The lowest BCUT2D eigenvalue weighted by Gasteiger charge is -2.40. The van der Waals surface area contributed by atoms with E-state index in [1.807, 2.05) is 6.07 Å². The van der Waals surface area contributed by atoms with E-state index in [1.165, 1.54) is 60.5 Å². The predicted octanol–water partition coefficient (Wildman–Crippen LogP) is 21.0. The highest BCUT2D eigenvalue weighted by Crippen LogP contribution is 2.47. The van der Waals surface area contributed by atoms with Crippen molar-refractivity contribution >= 4 is 94.6 Å². The molecule has 15 rings (SSSR count). The zero-order valence-electron chi connectivity index (χ0n) is 44.2. The first-order valence-electron chi connectivity index (χ1n) is 27.9. The lowest BCUT2D eigenvalue weighted by atomic mass is 9.77. The van der Waals surface area contributed by atoms with E-state index in [0.717, 1.165) is 92.3 Å². The van der Waals surface area contributed by atoms with Crippen LogP contribution in [0.4, 0.5) is 45.5 Å². The van der Waals surface area contributed by atoms with Crippen molar-refractivity contribution in [3.8, 4) is 22.3 Å². The van der Waals surface area contributed by atoms with Gasteiger partial charge in [0, 0.05) is 56.0 Å². The normalized spacial score (nSPS) is 13.9. The van der Waals surface area contributed by atoms with Gasteiger partial charge in [-0.15, -0.1) is 0 Å². The van der Waals surface area contributed by atoms with Crippen LogP contribution in [-0.4, -0.2) is 6.04 Å². The van der Waals surface area contributed by atoms with Crippen LogP contribution in [0.15, 0.2) is 301 Å². The van der Waals surface area contributed by atoms with Gasteiger partial charge in [-0.05, 0) is 183 Å². The van der Waals surface area contributed by atoms with E-state index in [2.05, 4.69) is 300 Å². The number of rotatable bonds is 11. The van der Waals surface area contributed by atoms with Crippen molar-refractivity contribution in [2.45, 2.75) is 25.3 Å². The minimum absolute atomic E-state index is 0.124. The molecule has 0 radical (unpaired) electrons. The second-order valence-corrected chi connectivity index (χ2v) is 21.1. The minimum Gasteiger partial charge on any atom is -0.456 e. The van der Waals surface area contributed by atoms with Gasteiger partial charge in [0.15, 0.2) is 0 Å². The summed E-state index contributed by atoms with van der Waals surface area (Å²) in [5.41, 5.74) is 21.1. The molecular weight excluding hydrogens is 971 g/mol. The van der Waals surface area contributed by atoms with Gasteiger partial charge in [-0.1, -0.05) is 188 Å². The summed E-state index contributed by atoms with van der Waals surface area (Å²) in [6.45, 7) is 0. The molecule has 12 aromatic carbocycles. The molecule has 1 heterocycles. The first-order chi connectivity index (χ1) is 39.7. The van der Waals surface area contributed by atoms with Crippen LogP contribution in [0.3, 0.4) is 0 Å². The SMILES string of the molecule is C1=CC2=C(CC1)c1ccccc1CC2N(c1ccc(-c2ccc(-c3ccc(N(c4ccc(N(c5ccccc5)c5ccccc5)cc4)c4cc5ccccc5c5ccccc45)cc3)cc2)cc1)c1ccc2oc3ccccc3c2c1. The molecule has 1 atom stereocenters. The van der Waals surface area contributed by atoms with Crippen LogP contribution >= 0.6 is 0 Å². The van der Waals surface area contributed by atoms with Crippen molar-refractivity contribution in [2.75, 3.05) is 14.7 Å². The van der Waals surface area contributed by atoms with Gasteiger partial charge in [-0.2, -0.15) is 0 Å². The Balaban J connectivity index is 0.760. The van der Waals surface area contributed by atoms with E-state index < -0.39 is 0 Å². The molecule has 13 aromatic rings. The van der Waals surface area contributed by atoms with Crippen LogP contribution in [0.5, 0.6) is 0 Å². The number of nitrogens with zero attached hydrogens (tertiary/aromatic N) is 3. The Bertz CT molecular complexity index is 4440. The number of para-hydroxylation sites is 3. The Labute approximate surface area is 466 Å². The van der Waals surface area contributed by atoms with E-state index in [9.17, 15) is 0 Å². The fourth-order valence-electron chi connectivity index (χ4n) is 12.7. The third kappa shape index (κ3) is 8.41. The predicted molar refractivity (Wildman–Crippen MR) is 337 cm³/mol. The molecule has 0 spiro atoms. The molecule has 0 aliphatic heterocycles. The summed E-state index contributed by atoms with van der Waals surface area (Å²) in [5, 5.41) is 7.15. The van der Waals surface area contributed by atoms with Gasteiger partial charge in [0.2, 0.25) is 0 Å². The van der Waals surface area contributed by atoms with Crippen molar-refractivity contribution in [2.24, 2.45) is 0 Å². The monoisotopic (exact) mass is 1030 g/mol. The third-order valence-electron chi connectivity index (χ3n) is 16.5. The number of hydrogen-bond acceptors (Lipinski definition) is 4. The van der Waals surface area contributed by atoms with Crippen LogP contribution in [0.25, 0.3) is 71.3 Å². The fraction of sp³-hybridized carbons (Fsp3) is 0.0526. The number of anilines is 8. The summed E-state index contributed by atoms with van der Waals surface area (Å²) in [6, 6.07) is 102. The van der Waals surface area contributed by atoms with Gasteiger partial charge in [0.1, 0.15) is 11.2 Å². The van der Waals surface area contributed by atoms with Crippen LogP contribution in [0.1, 0.15) is 24.0 Å².